The Balaban J connectivity index is 2.43. The van der Waals surface area contributed by atoms with Crippen molar-refractivity contribution >= 4 is 15.9 Å². The number of ether oxygens (including phenoxy) is 1. The third kappa shape index (κ3) is 1.70. The van der Waals surface area contributed by atoms with E-state index >= 15 is 0 Å². The van der Waals surface area contributed by atoms with Crippen molar-refractivity contribution in [3.8, 4) is 5.75 Å². The maximum atomic E-state index is 8.62. The second-order valence-electron chi connectivity index (χ2n) is 2.99. The summed E-state index contributed by atoms with van der Waals surface area (Å²) in [6.07, 6.45) is 0.952. The monoisotopic (exact) mass is 243 g/mol. The predicted octanol–water partition coefficient (Wildman–Crippen LogP) is 1.86. The highest BCUT2D eigenvalue weighted by molar-refractivity contribution is 9.10. The van der Waals surface area contributed by atoms with Crippen LogP contribution in [0, 0.1) is 0 Å². The van der Waals surface area contributed by atoms with Gasteiger partial charge in [-0.05, 0) is 17.7 Å². The second kappa shape index (κ2) is 3.65. The molecule has 0 radical (unpaired) electrons. The van der Waals surface area contributed by atoms with Crippen molar-refractivity contribution in [3.63, 3.8) is 0 Å². The van der Waals surface area contributed by atoms with Gasteiger partial charge in [0.15, 0.2) is 0 Å². The highest BCUT2D eigenvalue weighted by atomic mass is 79.9. The Kier molecular flexibility index (Phi) is 2.53. The maximum absolute atomic E-state index is 8.62. The maximum Gasteiger partial charge on any atom is 0.127 e. The van der Waals surface area contributed by atoms with Crippen molar-refractivity contribution in [1.29, 1.82) is 0 Å². The number of fused-ring (bicyclic) bond motifs is 1. The molecule has 0 aromatic heterocycles. The smallest absolute Gasteiger partial charge is 0.127 e. The van der Waals surface area contributed by atoms with Crippen LogP contribution in [-0.2, 0) is 13.0 Å². The van der Waals surface area contributed by atoms with Crippen LogP contribution in [0.25, 0.3) is 0 Å². The Morgan fingerprint density at radius 2 is 2.38 bits per heavy atom. The summed E-state index contributed by atoms with van der Waals surface area (Å²) in [5.41, 5.74) is 4.34. The average Bonchev–Trinajstić information content (AvgIpc) is 2.52. The second-order valence-corrected chi connectivity index (χ2v) is 3.90. The molecule has 0 amide bonds. The molecule has 2 rings (SSSR count). The van der Waals surface area contributed by atoms with E-state index in [9.17, 15) is 0 Å². The van der Waals surface area contributed by atoms with Crippen molar-refractivity contribution in [1.82, 2.24) is 5.48 Å². The van der Waals surface area contributed by atoms with Crippen LogP contribution in [0.15, 0.2) is 16.6 Å². The summed E-state index contributed by atoms with van der Waals surface area (Å²) in [5, 5.41) is 8.62. The van der Waals surface area contributed by atoms with Gasteiger partial charge in [-0.1, -0.05) is 15.9 Å². The number of hydrogen-bond donors (Lipinski definition) is 2. The summed E-state index contributed by atoms with van der Waals surface area (Å²) in [6, 6.07) is 4.01. The first-order chi connectivity index (χ1) is 6.31. The van der Waals surface area contributed by atoms with Crippen LogP contribution in [0.4, 0.5) is 0 Å². The van der Waals surface area contributed by atoms with Crippen molar-refractivity contribution in [2.45, 2.75) is 13.0 Å². The minimum atomic E-state index is 0.418. The van der Waals surface area contributed by atoms with E-state index in [4.69, 9.17) is 9.94 Å². The SMILES string of the molecule is ONCc1cc(Br)cc2c1OCC2. The van der Waals surface area contributed by atoms with E-state index in [1.807, 2.05) is 6.07 Å². The number of nitrogens with one attached hydrogen (secondary N) is 1. The van der Waals surface area contributed by atoms with E-state index in [1.54, 1.807) is 0 Å². The first-order valence-electron chi connectivity index (χ1n) is 4.12. The van der Waals surface area contributed by atoms with E-state index < -0.39 is 0 Å². The van der Waals surface area contributed by atoms with Crippen LogP contribution >= 0.6 is 15.9 Å². The molecular formula is C9H10BrNO2. The van der Waals surface area contributed by atoms with Gasteiger partial charge in [-0.3, -0.25) is 0 Å². The Morgan fingerprint density at radius 1 is 1.54 bits per heavy atom. The van der Waals surface area contributed by atoms with Gasteiger partial charge in [0.2, 0.25) is 0 Å². The fourth-order valence-electron chi connectivity index (χ4n) is 1.56. The summed E-state index contributed by atoms with van der Waals surface area (Å²) in [5.74, 6) is 0.921. The first kappa shape index (κ1) is 8.99. The molecule has 1 aliphatic heterocycles. The lowest BCUT2D eigenvalue weighted by atomic mass is 10.1. The zero-order valence-corrected chi connectivity index (χ0v) is 8.60. The van der Waals surface area contributed by atoms with Gasteiger partial charge in [0, 0.05) is 23.0 Å². The number of rotatable bonds is 2. The lowest BCUT2D eigenvalue weighted by Gasteiger charge is -2.07. The van der Waals surface area contributed by atoms with E-state index in [1.165, 1.54) is 5.56 Å². The largest absolute Gasteiger partial charge is 0.493 e. The molecule has 13 heavy (non-hydrogen) atoms. The van der Waals surface area contributed by atoms with Gasteiger partial charge in [-0.2, -0.15) is 0 Å². The van der Waals surface area contributed by atoms with Gasteiger partial charge in [-0.25, -0.2) is 5.48 Å². The van der Waals surface area contributed by atoms with Crippen molar-refractivity contribution in [2.75, 3.05) is 6.61 Å². The number of hydroxylamine groups is 1. The molecule has 0 saturated heterocycles. The third-order valence-electron chi connectivity index (χ3n) is 2.09. The average molecular weight is 244 g/mol. The van der Waals surface area contributed by atoms with Gasteiger partial charge >= 0.3 is 0 Å². The topological polar surface area (TPSA) is 41.5 Å². The molecule has 4 heteroatoms. The number of halogens is 1. The molecule has 0 unspecified atom stereocenters. The van der Waals surface area contributed by atoms with Crippen molar-refractivity contribution in [2.24, 2.45) is 0 Å². The zero-order valence-electron chi connectivity index (χ0n) is 7.01. The molecule has 0 saturated carbocycles. The standard InChI is InChI=1S/C9H10BrNO2/c10-8-3-6-1-2-13-9(6)7(4-8)5-11-12/h3-4,11-12H,1-2,5H2. The molecule has 70 valence electrons. The normalized spacial score (nSPS) is 14.0. The molecule has 1 aromatic carbocycles. The van der Waals surface area contributed by atoms with Crippen LogP contribution in [0.5, 0.6) is 5.75 Å². The highest BCUT2D eigenvalue weighted by Crippen LogP contribution is 2.32. The van der Waals surface area contributed by atoms with E-state index in [-0.39, 0.29) is 0 Å². The molecule has 0 atom stereocenters. The van der Waals surface area contributed by atoms with Crippen LogP contribution in [0.2, 0.25) is 0 Å². The van der Waals surface area contributed by atoms with Crippen molar-refractivity contribution in [3.05, 3.63) is 27.7 Å². The lowest BCUT2D eigenvalue weighted by molar-refractivity contribution is 0.160. The molecule has 1 aromatic rings. The van der Waals surface area contributed by atoms with E-state index in [0.29, 0.717) is 6.54 Å². The first-order valence-corrected chi connectivity index (χ1v) is 4.91. The Labute approximate surface area is 84.8 Å². The molecule has 1 heterocycles. The van der Waals surface area contributed by atoms with Gasteiger partial charge in [0.1, 0.15) is 5.75 Å². The molecule has 0 spiro atoms. The van der Waals surface area contributed by atoms with Gasteiger partial charge < -0.3 is 9.94 Å². The molecule has 2 N–H and O–H groups in total. The Morgan fingerprint density at radius 3 is 3.15 bits per heavy atom. The fraction of sp³-hybridized carbons (Fsp3) is 0.333. The van der Waals surface area contributed by atoms with Gasteiger partial charge in [0.25, 0.3) is 0 Å². The quantitative estimate of drug-likeness (QED) is 0.780. The van der Waals surface area contributed by atoms with Crippen LogP contribution in [-0.4, -0.2) is 11.8 Å². The van der Waals surface area contributed by atoms with E-state index in [2.05, 4.69) is 27.5 Å². The third-order valence-corrected chi connectivity index (χ3v) is 2.55. The lowest BCUT2D eigenvalue weighted by Crippen LogP contribution is -2.07. The molecule has 0 aliphatic carbocycles. The zero-order chi connectivity index (χ0) is 9.26. The summed E-state index contributed by atoms with van der Waals surface area (Å²) in [4.78, 5) is 0. The summed E-state index contributed by atoms with van der Waals surface area (Å²) >= 11 is 3.42. The minimum Gasteiger partial charge on any atom is -0.493 e. The highest BCUT2D eigenvalue weighted by Gasteiger charge is 2.16. The van der Waals surface area contributed by atoms with Crippen LogP contribution in [0.1, 0.15) is 11.1 Å². The summed E-state index contributed by atoms with van der Waals surface area (Å²) < 4.78 is 6.49. The van der Waals surface area contributed by atoms with Gasteiger partial charge in [0.05, 0.1) is 6.61 Å². The predicted molar refractivity (Wildman–Crippen MR) is 52.0 cm³/mol. The Bertz CT molecular complexity index is 328. The van der Waals surface area contributed by atoms with Crippen LogP contribution < -0.4 is 10.2 Å². The summed E-state index contributed by atoms with van der Waals surface area (Å²) in [7, 11) is 0. The molecule has 0 fully saturated rings. The molecule has 1 aliphatic rings. The Hall–Kier alpha value is -0.580. The minimum absolute atomic E-state index is 0.418. The van der Waals surface area contributed by atoms with Gasteiger partial charge in [-0.15, -0.1) is 0 Å². The van der Waals surface area contributed by atoms with Crippen LogP contribution in [0.3, 0.4) is 0 Å². The summed E-state index contributed by atoms with van der Waals surface area (Å²) in [6.45, 7) is 1.16. The van der Waals surface area contributed by atoms with Crippen molar-refractivity contribution < 1.29 is 9.94 Å². The van der Waals surface area contributed by atoms with E-state index in [0.717, 1.165) is 28.8 Å². The number of hydrogen-bond acceptors (Lipinski definition) is 3. The fourth-order valence-corrected chi connectivity index (χ4v) is 2.12. The molecule has 3 nitrogen and oxygen atoms in total. The molecular weight excluding hydrogens is 234 g/mol. The number of benzene rings is 1. The molecule has 0 bridgehead atoms.